The maximum atomic E-state index is 12.3. The van der Waals surface area contributed by atoms with Crippen LogP contribution in [-0.4, -0.2) is 12.5 Å². The molecule has 0 radical (unpaired) electrons. The molecule has 2 aromatic carbocycles. The molecule has 0 saturated heterocycles. The molecule has 0 bridgehead atoms. The smallest absolute Gasteiger partial charge is 0.258 e. The van der Waals surface area contributed by atoms with Gasteiger partial charge in [0.15, 0.2) is 6.61 Å². The monoisotopic (exact) mass is 417 g/mol. The van der Waals surface area contributed by atoms with Crippen LogP contribution in [0.1, 0.15) is 56.8 Å². The van der Waals surface area contributed by atoms with Gasteiger partial charge in [-0.15, -0.1) is 0 Å². The fourth-order valence-corrected chi connectivity index (χ4v) is 3.18. The van der Waals surface area contributed by atoms with Gasteiger partial charge in [0.05, 0.1) is 10.5 Å². The second kappa shape index (κ2) is 8.72. The minimum absolute atomic E-state index is 0.00147. The number of benzene rings is 2. The summed E-state index contributed by atoms with van der Waals surface area (Å²) in [4.78, 5) is 12.3. The molecule has 0 heterocycles. The molecule has 1 N–H and O–H groups in total. The summed E-state index contributed by atoms with van der Waals surface area (Å²) in [7, 11) is 0. The molecule has 0 aliphatic carbocycles. The molecule has 0 aliphatic rings. The van der Waals surface area contributed by atoms with Crippen LogP contribution in [0.2, 0.25) is 0 Å². The van der Waals surface area contributed by atoms with Crippen molar-refractivity contribution in [3.63, 3.8) is 0 Å². The maximum Gasteiger partial charge on any atom is 0.258 e. The molecular weight excluding hydrogens is 390 g/mol. The number of amides is 1. The van der Waals surface area contributed by atoms with Gasteiger partial charge in [0.1, 0.15) is 5.75 Å². The van der Waals surface area contributed by atoms with E-state index >= 15 is 0 Å². The van der Waals surface area contributed by atoms with Gasteiger partial charge in [0, 0.05) is 0 Å². The number of carbonyl (C=O) groups is 1. The molecule has 2 rings (SSSR count). The van der Waals surface area contributed by atoms with Gasteiger partial charge in [-0.05, 0) is 57.9 Å². The van der Waals surface area contributed by atoms with Gasteiger partial charge < -0.3 is 10.1 Å². The highest BCUT2D eigenvalue weighted by atomic mass is 79.9. The zero-order valence-corrected chi connectivity index (χ0v) is 17.8. The van der Waals surface area contributed by atoms with Crippen LogP contribution in [0.5, 0.6) is 5.75 Å². The third-order valence-electron chi connectivity index (χ3n) is 4.38. The Morgan fingerprint density at radius 3 is 2.35 bits per heavy atom. The largest absolute Gasteiger partial charge is 0.483 e. The Morgan fingerprint density at radius 2 is 1.81 bits per heavy atom. The Hall–Kier alpha value is -1.81. The van der Waals surface area contributed by atoms with E-state index in [4.69, 9.17) is 4.74 Å². The average molecular weight is 418 g/mol. The summed E-state index contributed by atoms with van der Waals surface area (Å²) in [6.07, 6.45) is 0.832. The van der Waals surface area contributed by atoms with Crippen LogP contribution in [0.25, 0.3) is 0 Å². The fraction of sp³-hybridized carbons (Fsp3) is 0.409. The lowest BCUT2D eigenvalue weighted by Gasteiger charge is -2.20. The highest BCUT2D eigenvalue weighted by Gasteiger charge is 2.17. The third-order valence-corrected chi connectivity index (χ3v) is 5.00. The predicted octanol–water partition coefficient (Wildman–Crippen LogP) is 5.70. The third kappa shape index (κ3) is 5.60. The molecule has 4 heteroatoms. The molecule has 1 amide bonds. The summed E-state index contributed by atoms with van der Waals surface area (Å²) in [5.74, 6) is 0.556. The summed E-state index contributed by atoms with van der Waals surface area (Å²) in [6.45, 7) is 10.6. The molecule has 0 unspecified atom stereocenters. The lowest BCUT2D eigenvalue weighted by Crippen LogP contribution is -2.32. The minimum Gasteiger partial charge on any atom is -0.483 e. The van der Waals surface area contributed by atoms with E-state index in [1.807, 2.05) is 18.2 Å². The Balaban J connectivity index is 1.96. The van der Waals surface area contributed by atoms with E-state index in [1.165, 1.54) is 11.1 Å². The van der Waals surface area contributed by atoms with Crippen LogP contribution >= 0.6 is 15.9 Å². The zero-order chi connectivity index (χ0) is 19.3. The van der Waals surface area contributed by atoms with Crippen LogP contribution in [0.4, 0.5) is 0 Å². The highest BCUT2D eigenvalue weighted by Crippen LogP contribution is 2.31. The van der Waals surface area contributed by atoms with E-state index in [0.29, 0.717) is 5.75 Å². The number of halogens is 1. The van der Waals surface area contributed by atoms with Crippen molar-refractivity contribution in [1.82, 2.24) is 5.32 Å². The first-order valence-electron chi connectivity index (χ1n) is 8.99. The minimum atomic E-state index is -0.121. The average Bonchev–Trinajstić information content (AvgIpc) is 2.58. The van der Waals surface area contributed by atoms with Gasteiger partial charge in [0.25, 0.3) is 5.91 Å². The van der Waals surface area contributed by atoms with Crippen molar-refractivity contribution in [3.05, 3.63) is 63.6 Å². The molecule has 0 aliphatic heterocycles. The van der Waals surface area contributed by atoms with Gasteiger partial charge in [-0.1, -0.05) is 63.6 Å². The second-order valence-electron chi connectivity index (χ2n) is 7.62. The van der Waals surface area contributed by atoms with Gasteiger partial charge >= 0.3 is 0 Å². The number of rotatable bonds is 6. The summed E-state index contributed by atoms with van der Waals surface area (Å²) >= 11 is 3.54. The summed E-state index contributed by atoms with van der Waals surface area (Å²) in [5.41, 5.74) is 3.61. The van der Waals surface area contributed by atoms with E-state index in [9.17, 15) is 4.79 Å². The highest BCUT2D eigenvalue weighted by molar-refractivity contribution is 9.10. The van der Waals surface area contributed by atoms with Crippen LogP contribution in [0.3, 0.4) is 0 Å². The number of carbonyl (C=O) groups excluding carboxylic acids is 1. The van der Waals surface area contributed by atoms with Crippen molar-refractivity contribution < 1.29 is 9.53 Å². The molecule has 26 heavy (non-hydrogen) atoms. The first-order valence-corrected chi connectivity index (χ1v) is 9.78. The summed E-state index contributed by atoms with van der Waals surface area (Å²) in [6, 6.07) is 14.3. The summed E-state index contributed by atoms with van der Waals surface area (Å²) < 4.78 is 6.57. The summed E-state index contributed by atoms with van der Waals surface area (Å²) in [5, 5.41) is 3.05. The van der Waals surface area contributed by atoms with Crippen molar-refractivity contribution in [2.75, 3.05) is 6.61 Å². The van der Waals surface area contributed by atoms with Gasteiger partial charge in [-0.25, -0.2) is 0 Å². The molecule has 140 valence electrons. The Bertz CT molecular complexity index is 748. The van der Waals surface area contributed by atoms with E-state index in [0.717, 1.165) is 16.5 Å². The molecule has 2 aromatic rings. The van der Waals surface area contributed by atoms with Crippen molar-refractivity contribution in [3.8, 4) is 5.75 Å². The first kappa shape index (κ1) is 20.5. The van der Waals surface area contributed by atoms with Gasteiger partial charge in [-0.3, -0.25) is 4.79 Å². The van der Waals surface area contributed by atoms with E-state index in [1.54, 1.807) is 0 Å². The van der Waals surface area contributed by atoms with E-state index < -0.39 is 0 Å². The van der Waals surface area contributed by atoms with Crippen molar-refractivity contribution in [2.24, 2.45) is 0 Å². The van der Waals surface area contributed by atoms with E-state index in [-0.39, 0.29) is 24.0 Å². The van der Waals surface area contributed by atoms with Crippen molar-refractivity contribution in [1.29, 1.82) is 0 Å². The van der Waals surface area contributed by atoms with Crippen LogP contribution in [0.15, 0.2) is 46.9 Å². The maximum absolute atomic E-state index is 12.3. The lowest BCUT2D eigenvalue weighted by atomic mass is 9.87. The first-order chi connectivity index (χ1) is 12.2. The predicted molar refractivity (Wildman–Crippen MR) is 111 cm³/mol. The zero-order valence-electron chi connectivity index (χ0n) is 16.2. The second-order valence-corrected chi connectivity index (χ2v) is 8.48. The topological polar surface area (TPSA) is 38.3 Å². The number of ether oxygens (including phenoxy) is 1. The number of hydrogen-bond acceptors (Lipinski definition) is 2. The number of hydrogen-bond donors (Lipinski definition) is 1. The van der Waals surface area contributed by atoms with Crippen LogP contribution in [-0.2, 0) is 10.2 Å². The molecule has 0 saturated carbocycles. The van der Waals surface area contributed by atoms with Crippen molar-refractivity contribution >= 4 is 21.8 Å². The van der Waals surface area contributed by atoms with Gasteiger partial charge in [0.2, 0.25) is 0 Å². The SMILES string of the molecule is CC[C@@H](NC(=O)COc1ccc(C(C)(C)C)cc1Br)c1ccc(C)cc1. The Kier molecular flexibility index (Phi) is 6.87. The molecule has 1 atom stereocenters. The molecule has 3 nitrogen and oxygen atoms in total. The number of nitrogens with one attached hydrogen (secondary N) is 1. The normalized spacial score (nSPS) is 12.5. The standard InChI is InChI=1S/C22H28BrNO2/c1-6-19(16-9-7-15(2)8-10-16)24-21(25)14-26-20-12-11-17(13-18(20)23)22(3,4)5/h7-13,19H,6,14H2,1-5H3,(H,24,25)/t19-/m1/s1. The lowest BCUT2D eigenvalue weighted by molar-refractivity contribution is -0.123. The molecular formula is C22H28BrNO2. The molecule has 0 aromatic heterocycles. The van der Waals surface area contributed by atoms with E-state index in [2.05, 4.69) is 80.1 Å². The Morgan fingerprint density at radius 1 is 1.15 bits per heavy atom. The van der Waals surface area contributed by atoms with Crippen molar-refractivity contribution in [2.45, 2.75) is 52.5 Å². The molecule has 0 fully saturated rings. The molecule has 0 spiro atoms. The van der Waals surface area contributed by atoms with Crippen LogP contribution in [0, 0.1) is 6.92 Å². The Labute approximate surface area is 165 Å². The fourth-order valence-electron chi connectivity index (χ4n) is 2.68. The quantitative estimate of drug-likeness (QED) is 0.654. The number of aryl methyl sites for hydroxylation is 1. The van der Waals surface area contributed by atoms with Crippen LogP contribution < -0.4 is 10.1 Å². The van der Waals surface area contributed by atoms with Gasteiger partial charge in [-0.2, -0.15) is 0 Å².